The largest absolute Gasteiger partial charge is 0.396 e. The Labute approximate surface area is 229 Å². The number of likely N-dealkylation sites (tertiary alicyclic amines) is 1. The molecule has 0 saturated carbocycles. The number of carbonyl (C=O) groups is 3. The van der Waals surface area contributed by atoms with Crippen LogP contribution in [-0.4, -0.2) is 94.6 Å². The molecule has 3 fully saturated rings. The Bertz CT molecular complexity index is 848. The molecule has 0 aromatic heterocycles. The van der Waals surface area contributed by atoms with Crippen molar-refractivity contribution >= 4 is 17.7 Å². The summed E-state index contributed by atoms with van der Waals surface area (Å²) in [5.41, 5.74) is -0.958. The number of hydrogen-bond donors (Lipinski definition) is 1. The summed E-state index contributed by atoms with van der Waals surface area (Å²) in [4.78, 5) is 47.5. The van der Waals surface area contributed by atoms with Crippen molar-refractivity contribution in [3.8, 4) is 0 Å². The van der Waals surface area contributed by atoms with E-state index >= 15 is 0 Å². The molecule has 3 heterocycles. The Morgan fingerprint density at radius 3 is 2.32 bits per heavy atom. The second kappa shape index (κ2) is 14.3. The van der Waals surface area contributed by atoms with Crippen LogP contribution in [0.2, 0.25) is 0 Å². The van der Waals surface area contributed by atoms with Gasteiger partial charge in [0.05, 0.1) is 17.9 Å². The summed E-state index contributed by atoms with van der Waals surface area (Å²) in [6.45, 7) is 14.5. The van der Waals surface area contributed by atoms with Crippen LogP contribution < -0.4 is 0 Å². The highest BCUT2D eigenvalue weighted by Crippen LogP contribution is 2.59. The zero-order valence-electron chi connectivity index (χ0n) is 23.6. The van der Waals surface area contributed by atoms with Crippen LogP contribution in [0.15, 0.2) is 25.3 Å². The first-order chi connectivity index (χ1) is 18.4. The molecule has 0 aromatic rings. The molecule has 3 amide bonds. The average molecular weight is 532 g/mol. The van der Waals surface area contributed by atoms with Crippen molar-refractivity contribution in [1.82, 2.24) is 14.7 Å². The van der Waals surface area contributed by atoms with Crippen molar-refractivity contribution in [3.63, 3.8) is 0 Å². The summed E-state index contributed by atoms with van der Waals surface area (Å²) in [5, 5.41) is 9.13. The smallest absolute Gasteiger partial charge is 0.248 e. The van der Waals surface area contributed by atoms with Gasteiger partial charge in [-0.1, -0.05) is 51.7 Å². The molecule has 0 aliphatic carbocycles. The minimum atomic E-state index is -0.958. The molecule has 0 radical (unpaired) electrons. The molecule has 214 valence electrons. The Morgan fingerprint density at radius 2 is 1.68 bits per heavy atom. The summed E-state index contributed by atoms with van der Waals surface area (Å²) < 4.78 is 6.62. The van der Waals surface area contributed by atoms with Gasteiger partial charge in [0.2, 0.25) is 17.7 Å². The molecule has 3 aliphatic rings. The van der Waals surface area contributed by atoms with E-state index in [9.17, 15) is 14.4 Å². The van der Waals surface area contributed by atoms with E-state index in [1.807, 2.05) is 11.8 Å². The second-order valence-electron chi connectivity index (χ2n) is 11.1. The third kappa shape index (κ3) is 6.01. The molecule has 38 heavy (non-hydrogen) atoms. The number of ether oxygens (including phenoxy) is 1. The Morgan fingerprint density at radius 1 is 1.00 bits per heavy atom. The Hall–Kier alpha value is -2.19. The molecular weight excluding hydrogens is 482 g/mol. The van der Waals surface area contributed by atoms with Crippen molar-refractivity contribution in [2.24, 2.45) is 11.8 Å². The average Bonchev–Trinajstić information content (AvgIpc) is 3.55. The van der Waals surface area contributed by atoms with Gasteiger partial charge in [0.1, 0.15) is 11.6 Å². The van der Waals surface area contributed by atoms with Gasteiger partial charge in [-0.25, -0.2) is 0 Å². The summed E-state index contributed by atoms with van der Waals surface area (Å²) in [7, 11) is 0. The Kier molecular flexibility index (Phi) is 11.4. The van der Waals surface area contributed by atoms with Gasteiger partial charge in [-0.05, 0) is 38.5 Å². The zero-order chi connectivity index (χ0) is 27.7. The number of carbonyl (C=O) groups excluding carboxylic acids is 3. The number of rotatable bonds is 18. The van der Waals surface area contributed by atoms with Crippen LogP contribution in [0, 0.1) is 11.8 Å². The predicted octanol–water partition coefficient (Wildman–Crippen LogP) is 3.54. The molecule has 5 atom stereocenters. The van der Waals surface area contributed by atoms with Gasteiger partial charge < -0.3 is 24.5 Å². The van der Waals surface area contributed by atoms with Crippen LogP contribution >= 0.6 is 0 Å². The molecule has 2 bridgehead atoms. The summed E-state index contributed by atoms with van der Waals surface area (Å²) in [5.74, 6) is -1.46. The highest BCUT2D eigenvalue weighted by molar-refractivity contribution is 5.99. The third-order valence-corrected chi connectivity index (χ3v) is 8.47. The Balaban J connectivity index is 1.93. The first kappa shape index (κ1) is 30.4. The quantitative estimate of drug-likeness (QED) is 0.216. The van der Waals surface area contributed by atoms with E-state index in [2.05, 4.69) is 20.1 Å². The van der Waals surface area contributed by atoms with E-state index in [1.165, 1.54) is 0 Å². The zero-order valence-corrected chi connectivity index (χ0v) is 23.6. The lowest BCUT2D eigenvalue weighted by molar-refractivity contribution is -0.148. The number of amides is 3. The number of hydrogen-bond acceptors (Lipinski definition) is 5. The topological polar surface area (TPSA) is 90.4 Å². The molecule has 2 unspecified atom stereocenters. The van der Waals surface area contributed by atoms with Crippen LogP contribution in [0.5, 0.6) is 0 Å². The van der Waals surface area contributed by atoms with Gasteiger partial charge in [0.25, 0.3) is 0 Å². The van der Waals surface area contributed by atoms with Crippen LogP contribution in [0.25, 0.3) is 0 Å². The SMILES string of the molecule is C=CCN(CCCCC)C(=O)C1N(CCCCCCO)C(=O)[C@@H]2[C@@H](C(=O)N(CC=C)CCC)[C@H]3CCC12O3. The maximum absolute atomic E-state index is 14.2. The van der Waals surface area contributed by atoms with E-state index in [-0.39, 0.29) is 30.4 Å². The lowest BCUT2D eigenvalue weighted by Crippen LogP contribution is -2.56. The van der Waals surface area contributed by atoms with E-state index in [1.54, 1.807) is 22.0 Å². The highest BCUT2D eigenvalue weighted by atomic mass is 16.5. The summed E-state index contributed by atoms with van der Waals surface area (Å²) in [6.07, 6.45) is 11.4. The molecule has 1 spiro atoms. The normalized spacial score (nSPS) is 27.4. The number of fused-ring (bicyclic) bond motifs is 1. The second-order valence-corrected chi connectivity index (χ2v) is 11.1. The van der Waals surface area contributed by atoms with Crippen LogP contribution in [-0.2, 0) is 19.1 Å². The van der Waals surface area contributed by atoms with Crippen molar-refractivity contribution < 1.29 is 24.2 Å². The lowest BCUT2D eigenvalue weighted by Gasteiger charge is -2.37. The van der Waals surface area contributed by atoms with Crippen molar-refractivity contribution in [2.75, 3.05) is 39.3 Å². The van der Waals surface area contributed by atoms with Gasteiger partial charge in [0, 0.05) is 39.3 Å². The molecule has 3 aliphatic heterocycles. The van der Waals surface area contributed by atoms with E-state index in [0.29, 0.717) is 45.6 Å². The van der Waals surface area contributed by atoms with Gasteiger partial charge in [-0.2, -0.15) is 0 Å². The molecular formula is C30H49N3O5. The van der Waals surface area contributed by atoms with Crippen LogP contribution in [0.4, 0.5) is 0 Å². The maximum Gasteiger partial charge on any atom is 0.248 e. The van der Waals surface area contributed by atoms with Gasteiger partial charge in [-0.15, -0.1) is 13.2 Å². The molecule has 0 aromatic carbocycles. The number of nitrogens with zero attached hydrogens (tertiary/aromatic N) is 3. The monoisotopic (exact) mass is 531 g/mol. The van der Waals surface area contributed by atoms with Crippen LogP contribution in [0.1, 0.15) is 78.1 Å². The summed E-state index contributed by atoms with van der Waals surface area (Å²) >= 11 is 0. The number of unbranched alkanes of at least 4 members (excludes halogenated alkanes) is 5. The standard InChI is InChI=1S/C30H49N3O5/c1-5-9-12-20-32(19-8-4)29(37)26-30-16-15-23(38-30)24(27(35)31(17-6-2)18-7-3)25(30)28(36)33(26)21-13-10-11-14-22-34/h6,8,23-26,34H,2,4-5,7,9-22H2,1,3H3/t23-,24+,25+,26?,30?/m1/s1. The fourth-order valence-electron chi connectivity index (χ4n) is 6.80. The summed E-state index contributed by atoms with van der Waals surface area (Å²) in [6, 6.07) is -0.721. The minimum absolute atomic E-state index is 0.0569. The van der Waals surface area contributed by atoms with Gasteiger partial charge in [-0.3, -0.25) is 14.4 Å². The fourth-order valence-corrected chi connectivity index (χ4v) is 6.80. The van der Waals surface area contributed by atoms with Crippen molar-refractivity contribution in [3.05, 3.63) is 25.3 Å². The first-order valence-corrected chi connectivity index (χ1v) is 14.8. The number of aliphatic hydroxyl groups excluding tert-OH is 1. The highest BCUT2D eigenvalue weighted by Gasteiger charge is 2.74. The fraction of sp³-hybridized carbons (Fsp3) is 0.767. The minimum Gasteiger partial charge on any atom is -0.396 e. The molecule has 8 nitrogen and oxygen atoms in total. The van der Waals surface area contributed by atoms with Crippen LogP contribution in [0.3, 0.4) is 0 Å². The lowest BCUT2D eigenvalue weighted by atomic mass is 9.70. The van der Waals surface area contributed by atoms with E-state index < -0.39 is 23.5 Å². The third-order valence-electron chi connectivity index (χ3n) is 8.47. The van der Waals surface area contributed by atoms with Gasteiger partial charge >= 0.3 is 0 Å². The molecule has 1 N–H and O–H groups in total. The first-order valence-electron chi connectivity index (χ1n) is 14.8. The van der Waals surface area contributed by atoms with E-state index in [4.69, 9.17) is 9.84 Å². The maximum atomic E-state index is 14.2. The number of aliphatic hydroxyl groups is 1. The van der Waals surface area contributed by atoms with Crippen molar-refractivity contribution in [1.29, 1.82) is 0 Å². The van der Waals surface area contributed by atoms with E-state index in [0.717, 1.165) is 51.4 Å². The molecule has 3 rings (SSSR count). The van der Waals surface area contributed by atoms with Crippen molar-refractivity contribution in [2.45, 2.75) is 95.8 Å². The molecule has 3 saturated heterocycles. The van der Waals surface area contributed by atoms with Gasteiger partial charge in [0.15, 0.2) is 0 Å². The molecule has 8 heteroatoms. The predicted molar refractivity (Wildman–Crippen MR) is 148 cm³/mol.